The summed E-state index contributed by atoms with van der Waals surface area (Å²) in [6, 6.07) is 9.29. The number of nitrogens with one attached hydrogen (secondary N) is 1. The van der Waals surface area contributed by atoms with Crippen molar-refractivity contribution in [2.45, 2.75) is 30.6 Å². The zero-order chi connectivity index (χ0) is 21.0. The quantitative estimate of drug-likeness (QED) is 0.699. The molecule has 0 bridgehead atoms. The summed E-state index contributed by atoms with van der Waals surface area (Å²) in [5.41, 5.74) is 0.499. The fourth-order valence-corrected chi connectivity index (χ4v) is 5.20. The van der Waals surface area contributed by atoms with Gasteiger partial charge in [-0.2, -0.15) is 0 Å². The molecule has 1 amide bonds. The highest BCUT2D eigenvalue weighted by molar-refractivity contribution is 7.92. The van der Waals surface area contributed by atoms with Gasteiger partial charge in [0.25, 0.3) is 15.9 Å². The Morgan fingerprint density at radius 1 is 1.00 bits per heavy atom. The van der Waals surface area contributed by atoms with E-state index < -0.39 is 10.0 Å². The van der Waals surface area contributed by atoms with Crippen LogP contribution in [0.5, 0.6) is 5.75 Å². The molecule has 2 aromatic rings. The molecule has 1 saturated heterocycles. The minimum absolute atomic E-state index is 0.00553. The van der Waals surface area contributed by atoms with Crippen molar-refractivity contribution >= 4 is 44.8 Å². The first-order chi connectivity index (χ1) is 13.8. The summed E-state index contributed by atoms with van der Waals surface area (Å²) in [7, 11) is -2.67. The van der Waals surface area contributed by atoms with Crippen LogP contribution in [0.2, 0.25) is 10.0 Å². The Morgan fingerprint density at radius 3 is 2.31 bits per heavy atom. The number of amides is 1. The Balaban J connectivity index is 1.93. The first kappa shape index (κ1) is 21.7. The minimum Gasteiger partial charge on any atom is -0.495 e. The summed E-state index contributed by atoms with van der Waals surface area (Å²) in [5.74, 6) is 0.0800. The van der Waals surface area contributed by atoms with Crippen molar-refractivity contribution in [1.82, 2.24) is 4.90 Å². The smallest absolute Gasteiger partial charge is 0.263 e. The predicted molar refractivity (Wildman–Crippen MR) is 115 cm³/mol. The van der Waals surface area contributed by atoms with Gasteiger partial charge in [0, 0.05) is 13.1 Å². The SMILES string of the molecule is COc1ccc(S(=O)(=O)Nc2ccccc2C(=O)N2CCCCCC2)c(Cl)c1Cl. The summed E-state index contributed by atoms with van der Waals surface area (Å²) < 4.78 is 33.5. The number of methoxy groups -OCH3 is 1. The molecule has 1 fully saturated rings. The van der Waals surface area contributed by atoms with Gasteiger partial charge in [-0.15, -0.1) is 0 Å². The number of ether oxygens (including phenoxy) is 1. The number of benzene rings is 2. The van der Waals surface area contributed by atoms with E-state index in [4.69, 9.17) is 27.9 Å². The largest absolute Gasteiger partial charge is 0.495 e. The molecule has 0 saturated carbocycles. The maximum absolute atomic E-state index is 13.0. The Hall–Kier alpha value is -1.96. The van der Waals surface area contributed by atoms with E-state index in [2.05, 4.69) is 4.72 Å². The molecule has 1 heterocycles. The molecule has 29 heavy (non-hydrogen) atoms. The molecular formula is C20H22Cl2N2O4S. The third-order valence-corrected chi connectivity index (χ3v) is 7.20. The van der Waals surface area contributed by atoms with E-state index in [-0.39, 0.29) is 32.3 Å². The molecule has 6 nitrogen and oxygen atoms in total. The summed E-state index contributed by atoms with van der Waals surface area (Å²) in [6.07, 6.45) is 4.07. The van der Waals surface area contributed by atoms with Gasteiger partial charge in [-0.1, -0.05) is 48.2 Å². The van der Waals surface area contributed by atoms with E-state index in [1.807, 2.05) is 0 Å². The standard InChI is InChI=1S/C20H22Cl2N2O4S/c1-28-16-10-11-17(19(22)18(16)21)29(26,27)23-15-9-5-4-8-14(15)20(25)24-12-6-2-3-7-13-24/h4-5,8-11,23H,2-3,6-7,12-13H2,1H3. The van der Waals surface area contributed by atoms with Crippen LogP contribution in [0.3, 0.4) is 0 Å². The molecule has 3 rings (SSSR count). The number of likely N-dealkylation sites (tertiary alicyclic amines) is 1. The number of hydrogen-bond donors (Lipinski definition) is 1. The first-order valence-corrected chi connectivity index (χ1v) is 11.5. The molecule has 2 aromatic carbocycles. The number of nitrogens with zero attached hydrogens (tertiary/aromatic N) is 1. The minimum atomic E-state index is -4.08. The lowest BCUT2D eigenvalue weighted by Gasteiger charge is -2.22. The van der Waals surface area contributed by atoms with Gasteiger partial charge in [0.05, 0.1) is 23.4 Å². The second-order valence-corrected chi connectivity index (χ2v) is 9.16. The number of sulfonamides is 1. The lowest BCUT2D eigenvalue weighted by atomic mass is 10.1. The molecule has 0 aliphatic carbocycles. The second kappa shape index (κ2) is 9.24. The fourth-order valence-electron chi connectivity index (χ4n) is 3.28. The molecule has 0 atom stereocenters. The average molecular weight is 457 g/mol. The Labute approximate surface area is 180 Å². The Kier molecular flexibility index (Phi) is 6.93. The third kappa shape index (κ3) is 4.79. The summed E-state index contributed by atoms with van der Waals surface area (Å²) in [4.78, 5) is 14.6. The van der Waals surface area contributed by atoms with Crippen molar-refractivity contribution in [2.75, 3.05) is 24.9 Å². The van der Waals surface area contributed by atoms with E-state index in [1.54, 1.807) is 29.2 Å². The molecule has 156 valence electrons. The molecule has 0 unspecified atom stereocenters. The van der Waals surface area contributed by atoms with Crippen molar-refractivity contribution in [3.8, 4) is 5.75 Å². The lowest BCUT2D eigenvalue weighted by molar-refractivity contribution is 0.0762. The molecule has 1 aliphatic rings. The highest BCUT2D eigenvalue weighted by atomic mass is 35.5. The summed E-state index contributed by atoms with van der Waals surface area (Å²) >= 11 is 12.3. The molecule has 1 aliphatic heterocycles. The van der Waals surface area contributed by atoms with E-state index in [1.165, 1.54) is 19.2 Å². The molecule has 1 N–H and O–H groups in total. The van der Waals surface area contributed by atoms with Crippen molar-refractivity contribution in [3.05, 3.63) is 52.0 Å². The van der Waals surface area contributed by atoms with Crippen LogP contribution in [0.4, 0.5) is 5.69 Å². The van der Waals surface area contributed by atoms with Crippen LogP contribution in [0.15, 0.2) is 41.3 Å². The zero-order valence-corrected chi connectivity index (χ0v) is 18.3. The number of para-hydroxylation sites is 1. The van der Waals surface area contributed by atoms with Crippen LogP contribution in [0.25, 0.3) is 0 Å². The second-order valence-electron chi connectivity index (χ2n) is 6.75. The van der Waals surface area contributed by atoms with Crippen molar-refractivity contribution < 1.29 is 17.9 Å². The van der Waals surface area contributed by atoms with Crippen LogP contribution in [0, 0.1) is 0 Å². The highest BCUT2D eigenvalue weighted by Gasteiger charge is 2.25. The number of carbonyl (C=O) groups excluding carboxylic acids is 1. The van der Waals surface area contributed by atoms with Crippen LogP contribution in [-0.2, 0) is 10.0 Å². The van der Waals surface area contributed by atoms with Crippen molar-refractivity contribution in [2.24, 2.45) is 0 Å². The van der Waals surface area contributed by atoms with Crippen molar-refractivity contribution in [3.63, 3.8) is 0 Å². The summed E-state index contributed by atoms with van der Waals surface area (Å²) in [5, 5.41) is -0.138. The van der Waals surface area contributed by atoms with Gasteiger partial charge in [-0.25, -0.2) is 8.42 Å². The highest BCUT2D eigenvalue weighted by Crippen LogP contribution is 2.37. The van der Waals surface area contributed by atoms with Crippen LogP contribution in [-0.4, -0.2) is 39.4 Å². The number of rotatable bonds is 5. The van der Waals surface area contributed by atoms with Gasteiger partial charge >= 0.3 is 0 Å². The van der Waals surface area contributed by atoms with Gasteiger partial charge in [-0.3, -0.25) is 9.52 Å². The topological polar surface area (TPSA) is 75.7 Å². The van der Waals surface area contributed by atoms with Gasteiger partial charge in [0.15, 0.2) is 0 Å². The number of hydrogen-bond acceptors (Lipinski definition) is 4. The Morgan fingerprint density at radius 2 is 1.66 bits per heavy atom. The van der Waals surface area contributed by atoms with Crippen LogP contribution >= 0.6 is 23.2 Å². The Bertz CT molecular complexity index is 1000. The van der Waals surface area contributed by atoms with Gasteiger partial charge in [0.1, 0.15) is 15.7 Å². The number of halogens is 2. The molecule has 0 spiro atoms. The average Bonchev–Trinajstić information content (AvgIpc) is 2.99. The molecule has 0 aromatic heterocycles. The molecule has 9 heteroatoms. The van der Waals surface area contributed by atoms with Gasteiger partial charge in [-0.05, 0) is 37.1 Å². The third-order valence-electron chi connectivity index (χ3n) is 4.82. The maximum Gasteiger partial charge on any atom is 0.263 e. The number of anilines is 1. The first-order valence-electron chi connectivity index (χ1n) is 9.28. The van der Waals surface area contributed by atoms with E-state index in [0.717, 1.165) is 25.7 Å². The zero-order valence-electron chi connectivity index (χ0n) is 16.0. The fraction of sp³-hybridized carbons (Fsp3) is 0.350. The van der Waals surface area contributed by atoms with Crippen LogP contribution < -0.4 is 9.46 Å². The molecule has 0 radical (unpaired) electrons. The van der Waals surface area contributed by atoms with E-state index in [9.17, 15) is 13.2 Å². The predicted octanol–water partition coefficient (Wildman–Crippen LogP) is 4.82. The van der Waals surface area contributed by atoms with Crippen molar-refractivity contribution in [1.29, 1.82) is 0 Å². The summed E-state index contributed by atoms with van der Waals surface area (Å²) in [6.45, 7) is 1.33. The van der Waals surface area contributed by atoms with E-state index >= 15 is 0 Å². The normalized spacial score (nSPS) is 14.9. The maximum atomic E-state index is 13.0. The monoisotopic (exact) mass is 456 g/mol. The number of carbonyl (C=O) groups is 1. The van der Waals surface area contributed by atoms with Gasteiger partial charge < -0.3 is 9.64 Å². The van der Waals surface area contributed by atoms with Gasteiger partial charge in [0.2, 0.25) is 0 Å². The molecular weight excluding hydrogens is 435 g/mol. The lowest BCUT2D eigenvalue weighted by Crippen LogP contribution is -2.32. The van der Waals surface area contributed by atoms with Crippen LogP contribution in [0.1, 0.15) is 36.0 Å². The van der Waals surface area contributed by atoms with E-state index in [0.29, 0.717) is 18.7 Å².